The molecule has 0 N–H and O–H groups in total. The Kier molecular flexibility index (Phi) is 4.50. The van der Waals surface area contributed by atoms with Gasteiger partial charge in [0.05, 0.1) is 19.6 Å². The Bertz CT molecular complexity index is 792. The fourth-order valence-electron chi connectivity index (χ4n) is 3.79. The molecular formula is C20H27N3O2. The highest BCUT2D eigenvalue weighted by Crippen LogP contribution is 2.41. The molecular weight excluding hydrogens is 314 g/mol. The van der Waals surface area contributed by atoms with Gasteiger partial charge in [-0.2, -0.15) is 0 Å². The summed E-state index contributed by atoms with van der Waals surface area (Å²) in [7, 11) is 0. The number of amides is 1. The number of aryl methyl sites for hydroxylation is 1. The summed E-state index contributed by atoms with van der Waals surface area (Å²) >= 11 is 0. The van der Waals surface area contributed by atoms with Gasteiger partial charge in [0, 0.05) is 37.0 Å². The smallest absolute Gasteiger partial charge is 0.225 e. The van der Waals surface area contributed by atoms with Gasteiger partial charge in [0.1, 0.15) is 5.65 Å². The van der Waals surface area contributed by atoms with E-state index in [-0.39, 0.29) is 5.91 Å². The van der Waals surface area contributed by atoms with E-state index in [2.05, 4.69) is 30.7 Å². The SMILES string of the molecule is CCCOCCC(=O)N1CCn2c(c(C)c3cc(C4CC4)cnc32)C1. The molecule has 1 aliphatic carbocycles. The molecule has 0 atom stereocenters. The Morgan fingerprint density at radius 1 is 1.32 bits per heavy atom. The lowest BCUT2D eigenvalue weighted by molar-refractivity contribution is -0.133. The van der Waals surface area contributed by atoms with Crippen molar-refractivity contribution >= 4 is 16.9 Å². The van der Waals surface area contributed by atoms with Crippen molar-refractivity contribution in [3.05, 3.63) is 29.1 Å². The number of pyridine rings is 1. The van der Waals surface area contributed by atoms with Gasteiger partial charge in [0.2, 0.25) is 5.91 Å². The van der Waals surface area contributed by atoms with Gasteiger partial charge in [-0.15, -0.1) is 0 Å². The number of hydrogen-bond acceptors (Lipinski definition) is 3. The van der Waals surface area contributed by atoms with Gasteiger partial charge in [-0.1, -0.05) is 6.92 Å². The molecule has 2 aliphatic rings. The van der Waals surface area contributed by atoms with E-state index < -0.39 is 0 Å². The lowest BCUT2D eigenvalue weighted by Crippen LogP contribution is -2.38. The average molecular weight is 341 g/mol. The number of rotatable bonds is 6. The number of fused-ring (bicyclic) bond motifs is 3. The van der Waals surface area contributed by atoms with Crippen LogP contribution in [0, 0.1) is 6.92 Å². The molecule has 0 bridgehead atoms. The van der Waals surface area contributed by atoms with Gasteiger partial charge >= 0.3 is 0 Å². The molecule has 25 heavy (non-hydrogen) atoms. The highest BCUT2D eigenvalue weighted by atomic mass is 16.5. The van der Waals surface area contributed by atoms with Crippen molar-refractivity contribution in [2.24, 2.45) is 0 Å². The molecule has 1 saturated carbocycles. The van der Waals surface area contributed by atoms with Crippen LogP contribution in [0.3, 0.4) is 0 Å². The summed E-state index contributed by atoms with van der Waals surface area (Å²) in [4.78, 5) is 19.2. The second-order valence-electron chi connectivity index (χ2n) is 7.32. The van der Waals surface area contributed by atoms with Crippen LogP contribution in [-0.4, -0.2) is 40.1 Å². The molecule has 0 radical (unpaired) electrons. The third-order valence-electron chi connectivity index (χ3n) is 5.45. The molecule has 0 aromatic carbocycles. The highest BCUT2D eigenvalue weighted by molar-refractivity contribution is 5.83. The lowest BCUT2D eigenvalue weighted by atomic mass is 10.1. The minimum Gasteiger partial charge on any atom is -0.381 e. The van der Waals surface area contributed by atoms with Gasteiger partial charge in [-0.05, 0) is 49.3 Å². The first-order valence-electron chi connectivity index (χ1n) is 9.52. The second-order valence-corrected chi connectivity index (χ2v) is 7.32. The first kappa shape index (κ1) is 16.6. The standard InChI is InChI=1S/C20H27N3O2/c1-3-9-25-10-6-19(24)22-7-8-23-18(13-22)14(2)17-11-16(15-4-5-15)12-21-20(17)23/h11-12,15H,3-10,13H2,1-2H3. The Balaban J connectivity index is 1.52. The van der Waals surface area contributed by atoms with E-state index >= 15 is 0 Å². The molecule has 3 heterocycles. The Morgan fingerprint density at radius 3 is 2.92 bits per heavy atom. The predicted molar refractivity (Wildman–Crippen MR) is 97.6 cm³/mol. The second kappa shape index (κ2) is 6.79. The maximum atomic E-state index is 12.5. The first-order valence-corrected chi connectivity index (χ1v) is 9.52. The third kappa shape index (κ3) is 3.17. The Morgan fingerprint density at radius 2 is 2.16 bits per heavy atom. The molecule has 1 amide bonds. The van der Waals surface area contributed by atoms with Crippen LogP contribution in [0.2, 0.25) is 0 Å². The maximum Gasteiger partial charge on any atom is 0.225 e. The molecule has 1 aliphatic heterocycles. The molecule has 0 saturated heterocycles. The van der Waals surface area contributed by atoms with Crippen LogP contribution in [0.5, 0.6) is 0 Å². The molecule has 5 heteroatoms. The van der Waals surface area contributed by atoms with Crippen LogP contribution in [0.1, 0.15) is 55.3 Å². The van der Waals surface area contributed by atoms with E-state index in [4.69, 9.17) is 9.72 Å². The summed E-state index contributed by atoms with van der Waals surface area (Å²) < 4.78 is 7.77. The number of carbonyl (C=O) groups excluding carboxylic acids is 1. The van der Waals surface area contributed by atoms with Crippen molar-refractivity contribution in [3.8, 4) is 0 Å². The Labute approximate surface area is 149 Å². The van der Waals surface area contributed by atoms with Crippen molar-refractivity contribution in [1.29, 1.82) is 0 Å². The highest BCUT2D eigenvalue weighted by Gasteiger charge is 2.28. The maximum absolute atomic E-state index is 12.5. The van der Waals surface area contributed by atoms with Gasteiger partial charge in [0.15, 0.2) is 0 Å². The number of ether oxygens (including phenoxy) is 1. The van der Waals surface area contributed by atoms with Crippen LogP contribution < -0.4 is 0 Å². The first-order chi connectivity index (χ1) is 12.2. The van der Waals surface area contributed by atoms with Crippen LogP contribution in [0.4, 0.5) is 0 Å². The summed E-state index contributed by atoms with van der Waals surface area (Å²) in [5.41, 5.74) is 4.98. The van der Waals surface area contributed by atoms with Crippen LogP contribution in [-0.2, 0) is 22.6 Å². The average Bonchev–Trinajstić information content (AvgIpc) is 3.45. The van der Waals surface area contributed by atoms with Crippen molar-refractivity contribution in [2.75, 3.05) is 19.8 Å². The quantitative estimate of drug-likeness (QED) is 0.757. The van der Waals surface area contributed by atoms with E-state index in [9.17, 15) is 4.79 Å². The normalized spacial score (nSPS) is 17.1. The number of carbonyl (C=O) groups is 1. The fourth-order valence-corrected chi connectivity index (χ4v) is 3.79. The zero-order valence-corrected chi connectivity index (χ0v) is 15.3. The number of nitrogens with zero attached hydrogens (tertiary/aromatic N) is 3. The third-order valence-corrected chi connectivity index (χ3v) is 5.45. The summed E-state index contributed by atoms with van der Waals surface area (Å²) in [6.45, 7) is 7.79. The molecule has 4 rings (SSSR count). The number of aromatic nitrogens is 2. The largest absolute Gasteiger partial charge is 0.381 e. The minimum absolute atomic E-state index is 0.193. The van der Waals surface area contributed by atoms with Gasteiger partial charge in [-0.3, -0.25) is 4.79 Å². The topological polar surface area (TPSA) is 47.4 Å². The van der Waals surface area contributed by atoms with Gasteiger partial charge in [0.25, 0.3) is 0 Å². The van der Waals surface area contributed by atoms with Crippen molar-refractivity contribution in [1.82, 2.24) is 14.5 Å². The molecule has 134 valence electrons. The summed E-state index contributed by atoms with van der Waals surface area (Å²) in [5, 5.41) is 1.26. The molecule has 2 aromatic heterocycles. The van der Waals surface area contributed by atoms with Crippen molar-refractivity contribution in [3.63, 3.8) is 0 Å². The predicted octanol–water partition coefficient (Wildman–Crippen LogP) is 3.38. The van der Waals surface area contributed by atoms with E-state index in [0.29, 0.717) is 19.6 Å². The van der Waals surface area contributed by atoms with Crippen LogP contribution in [0.15, 0.2) is 12.3 Å². The minimum atomic E-state index is 0.193. The zero-order chi connectivity index (χ0) is 17.4. The van der Waals surface area contributed by atoms with E-state index in [1.165, 1.54) is 35.0 Å². The lowest BCUT2D eigenvalue weighted by Gasteiger charge is -2.29. The summed E-state index contributed by atoms with van der Waals surface area (Å²) in [5.74, 6) is 0.910. The summed E-state index contributed by atoms with van der Waals surface area (Å²) in [6, 6.07) is 2.32. The van der Waals surface area contributed by atoms with Gasteiger partial charge < -0.3 is 14.2 Å². The molecule has 5 nitrogen and oxygen atoms in total. The molecule has 2 aromatic rings. The van der Waals surface area contributed by atoms with E-state index in [1.807, 2.05) is 4.90 Å². The van der Waals surface area contributed by atoms with Crippen molar-refractivity contribution in [2.45, 2.75) is 58.5 Å². The van der Waals surface area contributed by atoms with E-state index in [1.54, 1.807) is 0 Å². The molecule has 0 spiro atoms. The molecule has 0 unspecified atom stereocenters. The van der Waals surface area contributed by atoms with Crippen LogP contribution in [0.25, 0.3) is 11.0 Å². The zero-order valence-electron chi connectivity index (χ0n) is 15.3. The van der Waals surface area contributed by atoms with Gasteiger partial charge in [-0.25, -0.2) is 4.98 Å². The number of hydrogen-bond donors (Lipinski definition) is 0. The fraction of sp³-hybridized carbons (Fsp3) is 0.600. The summed E-state index contributed by atoms with van der Waals surface area (Å²) in [6.07, 6.45) is 6.11. The van der Waals surface area contributed by atoms with Crippen LogP contribution >= 0.6 is 0 Å². The van der Waals surface area contributed by atoms with Crippen molar-refractivity contribution < 1.29 is 9.53 Å². The van der Waals surface area contributed by atoms with E-state index in [0.717, 1.165) is 37.7 Å². The molecule has 1 fully saturated rings. The monoisotopic (exact) mass is 341 g/mol. The Hall–Kier alpha value is -1.88.